The van der Waals surface area contributed by atoms with E-state index in [0.29, 0.717) is 18.1 Å². The first-order valence-electron chi connectivity index (χ1n) is 11.7. The van der Waals surface area contributed by atoms with Crippen LogP contribution in [0.25, 0.3) is 11.0 Å². The predicted octanol–water partition coefficient (Wildman–Crippen LogP) is 6.03. The minimum Gasteiger partial charge on any atom is -0.459 e. The van der Waals surface area contributed by atoms with Gasteiger partial charge in [-0.25, -0.2) is 4.79 Å². The molecular weight excluding hydrogens is 450 g/mol. The van der Waals surface area contributed by atoms with Gasteiger partial charge in [-0.15, -0.1) is 10.2 Å². The summed E-state index contributed by atoms with van der Waals surface area (Å²) in [6.45, 7) is 5.31. The van der Waals surface area contributed by atoms with Crippen LogP contribution < -0.4 is 5.32 Å². The molecule has 0 unspecified atom stereocenters. The summed E-state index contributed by atoms with van der Waals surface area (Å²) in [6.07, 6.45) is 2.51. The number of amides is 2. The van der Waals surface area contributed by atoms with E-state index < -0.39 is 0 Å². The van der Waals surface area contributed by atoms with Gasteiger partial charge in [0.1, 0.15) is 17.2 Å². The number of carbonyl (C=O) groups is 1. The maximum atomic E-state index is 13.4. The van der Waals surface area contributed by atoms with Gasteiger partial charge >= 0.3 is 6.03 Å². The van der Waals surface area contributed by atoms with Crippen molar-refractivity contribution in [2.24, 2.45) is 0 Å². The zero-order chi connectivity index (χ0) is 23.7. The fourth-order valence-corrected chi connectivity index (χ4v) is 4.80. The van der Waals surface area contributed by atoms with Crippen LogP contribution in [-0.2, 0) is 6.54 Å². The number of nitrogens with zero attached hydrogens (tertiary/aromatic N) is 4. The number of fused-ring (bicyclic) bond motifs is 1. The number of aromatic nitrogens is 3. The van der Waals surface area contributed by atoms with Crippen molar-refractivity contribution < 1.29 is 9.21 Å². The second-order valence-corrected chi connectivity index (χ2v) is 9.20. The standard InChI is InChI=1S/C26H28ClN5O2/c1-3-21(24-15-19-7-4-5-9-23(19)34-24)28-26(33)31-14-6-8-22(31)25-30-29-17(2)32(25)16-18-10-12-20(27)13-11-18/h4-5,7,9-13,15,21-22H,3,6,8,14,16H2,1-2H3,(H,28,33)/t21-,22+/m0/s1. The number of benzene rings is 2. The average molecular weight is 478 g/mol. The molecule has 2 atom stereocenters. The molecule has 2 aromatic heterocycles. The van der Waals surface area contributed by atoms with Crippen molar-refractivity contribution in [3.8, 4) is 0 Å². The molecule has 0 spiro atoms. The zero-order valence-electron chi connectivity index (χ0n) is 19.4. The zero-order valence-corrected chi connectivity index (χ0v) is 20.1. The molecule has 5 rings (SSSR count). The fraction of sp³-hybridized carbons (Fsp3) is 0.346. The number of nitrogens with one attached hydrogen (secondary N) is 1. The highest BCUT2D eigenvalue weighted by molar-refractivity contribution is 6.30. The Morgan fingerprint density at radius 2 is 2.00 bits per heavy atom. The van der Waals surface area contributed by atoms with E-state index in [1.54, 1.807) is 0 Å². The Labute approximate surface area is 203 Å². The van der Waals surface area contributed by atoms with Crippen LogP contribution in [0.5, 0.6) is 0 Å². The van der Waals surface area contributed by atoms with E-state index in [0.717, 1.165) is 53.2 Å². The molecule has 2 amide bonds. The summed E-state index contributed by atoms with van der Waals surface area (Å²) >= 11 is 6.04. The molecule has 1 fully saturated rings. The van der Waals surface area contributed by atoms with Crippen molar-refractivity contribution in [1.82, 2.24) is 25.0 Å². The summed E-state index contributed by atoms with van der Waals surface area (Å²) in [4.78, 5) is 15.3. The summed E-state index contributed by atoms with van der Waals surface area (Å²) in [5, 5.41) is 13.7. The van der Waals surface area contributed by atoms with E-state index >= 15 is 0 Å². The number of urea groups is 1. The predicted molar refractivity (Wildman–Crippen MR) is 132 cm³/mol. The van der Waals surface area contributed by atoms with Crippen molar-refractivity contribution >= 4 is 28.6 Å². The second kappa shape index (κ2) is 9.50. The van der Waals surface area contributed by atoms with Crippen molar-refractivity contribution in [3.05, 3.63) is 82.6 Å². The summed E-state index contributed by atoms with van der Waals surface area (Å²) in [7, 11) is 0. The Kier molecular flexibility index (Phi) is 6.28. The van der Waals surface area contributed by atoms with E-state index in [1.165, 1.54) is 0 Å². The number of hydrogen-bond acceptors (Lipinski definition) is 4. The van der Waals surface area contributed by atoms with Crippen LogP contribution in [0.2, 0.25) is 5.02 Å². The molecule has 3 heterocycles. The number of carbonyl (C=O) groups excluding carboxylic acids is 1. The normalized spacial score (nSPS) is 16.8. The van der Waals surface area contributed by atoms with Crippen molar-refractivity contribution in [3.63, 3.8) is 0 Å². The molecule has 0 bridgehead atoms. The van der Waals surface area contributed by atoms with Crippen LogP contribution in [-0.4, -0.2) is 32.2 Å². The van der Waals surface area contributed by atoms with Crippen LogP contribution in [0.4, 0.5) is 4.79 Å². The molecule has 2 aromatic carbocycles. The highest BCUT2D eigenvalue weighted by Gasteiger charge is 2.35. The van der Waals surface area contributed by atoms with Gasteiger partial charge in [0.2, 0.25) is 0 Å². The van der Waals surface area contributed by atoms with Crippen LogP contribution in [0, 0.1) is 6.92 Å². The molecule has 0 saturated carbocycles. The molecule has 176 valence electrons. The first kappa shape index (κ1) is 22.5. The first-order chi connectivity index (χ1) is 16.5. The van der Waals surface area contributed by atoms with Gasteiger partial charge in [0.25, 0.3) is 0 Å². The molecule has 0 radical (unpaired) electrons. The van der Waals surface area contributed by atoms with Gasteiger partial charge in [0, 0.05) is 17.0 Å². The lowest BCUT2D eigenvalue weighted by Crippen LogP contribution is -2.41. The molecule has 0 aliphatic carbocycles. The second-order valence-electron chi connectivity index (χ2n) is 8.77. The van der Waals surface area contributed by atoms with E-state index in [1.807, 2.05) is 73.3 Å². The third-order valence-corrected chi connectivity index (χ3v) is 6.78. The monoisotopic (exact) mass is 477 g/mol. The number of likely N-dealkylation sites (tertiary alicyclic amines) is 1. The minimum atomic E-state index is -0.199. The van der Waals surface area contributed by atoms with Gasteiger partial charge in [0.15, 0.2) is 5.82 Å². The Morgan fingerprint density at radius 3 is 2.76 bits per heavy atom. The van der Waals surface area contributed by atoms with Gasteiger partial charge in [-0.2, -0.15) is 0 Å². The molecule has 1 N–H and O–H groups in total. The Balaban J connectivity index is 1.35. The molecular formula is C26H28ClN5O2. The number of para-hydroxylation sites is 1. The lowest BCUT2D eigenvalue weighted by molar-refractivity contribution is 0.184. The minimum absolute atomic E-state index is 0.103. The Hall–Kier alpha value is -3.32. The molecule has 34 heavy (non-hydrogen) atoms. The maximum absolute atomic E-state index is 13.4. The van der Waals surface area contributed by atoms with Crippen molar-refractivity contribution in [2.75, 3.05) is 6.54 Å². The fourth-order valence-electron chi connectivity index (χ4n) is 4.67. The van der Waals surface area contributed by atoms with Crippen LogP contribution in [0.1, 0.15) is 61.2 Å². The van der Waals surface area contributed by atoms with Gasteiger partial charge in [-0.05, 0) is 56.0 Å². The lowest BCUT2D eigenvalue weighted by atomic mass is 10.1. The maximum Gasteiger partial charge on any atom is 0.318 e. The van der Waals surface area contributed by atoms with Crippen molar-refractivity contribution in [1.29, 1.82) is 0 Å². The van der Waals surface area contributed by atoms with Crippen LogP contribution >= 0.6 is 11.6 Å². The molecule has 4 aromatic rings. The third-order valence-electron chi connectivity index (χ3n) is 6.52. The Bertz CT molecular complexity index is 1260. The first-order valence-corrected chi connectivity index (χ1v) is 12.1. The third kappa shape index (κ3) is 4.40. The van der Waals surface area contributed by atoms with Gasteiger partial charge in [-0.3, -0.25) is 0 Å². The lowest BCUT2D eigenvalue weighted by Gasteiger charge is -2.27. The van der Waals surface area contributed by atoms with Gasteiger partial charge in [0.05, 0.1) is 18.6 Å². The number of aryl methyl sites for hydroxylation is 1. The number of hydrogen-bond donors (Lipinski definition) is 1. The largest absolute Gasteiger partial charge is 0.459 e. The topological polar surface area (TPSA) is 76.2 Å². The highest BCUT2D eigenvalue weighted by atomic mass is 35.5. The van der Waals surface area contributed by atoms with Crippen molar-refractivity contribution in [2.45, 2.75) is 51.7 Å². The number of furan rings is 1. The Morgan fingerprint density at radius 1 is 1.21 bits per heavy atom. The van der Waals surface area contributed by atoms with E-state index in [9.17, 15) is 4.79 Å². The van der Waals surface area contributed by atoms with Gasteiger partial charge in [-0.1, -0.05) is 48.9 Å². The summed E-state index contributed by atoms with van der Waals surface area (Å²) in [5.74, 6) is 2.41. The van der Waals surface area contributed by atoms with Crippen LogP contribution in [0.15, 0.2) is 59.0 Å². The van der Waals surface area contributed by atoms with E-state index in [4.69, 9.17) is 16.0 Å². The van der Waals surface area contributed by atoms with Gasteiger partial charge < -0.3 is 19.2 Å². The van der Waals surface area contributed by atoms with E-state index in [2.05, 4.69) is 20.1 Å². The van der Waals surface area contributed by atoms with E-state index in [-0.39, 0.29) is 18.1 Å². The summed E-state index contributed by atoms with van der Waals surface area (Å²) in [6, 6.07) is 17.3. The molecule has 8 heteroatoms. The number of halogens is 1. The SMILES string of the molecule is CC[C@H](NC(=O)N1CCC[C@@H]1c1nnc(C)n1Cc1ccc(Cl)cc1)c1cc2ccccc2o1. The molecule has 1 aliphatic rings. The molecule has 1 saturated heterocycles. The quantitative estimate of drug-likeness (QED) is 0.367. The molecule has 7 nitrogen and oxygen atoms in total. The highest BCUT2D eigenvalue weighted by Crippen LogP contribution is 2.33. The number of rotatable bonds is 6. The smallest absolute Gasteiger partial charge is 0.318 e. The van der Waals surface area contributed by atoms with Crippen LogP contribution in [0.3, 0.4) is 0 Å². The average Bonchev–Trinajstić information content (AvgIpc) is 3.57. The molecule has 1 aliphatic heterocycles. The summed E-state index contributed by atoms with van der Waals surface area (Å²) in [5.41, 5.74) is 1.94. The summed E-state index contributed by atoms with van der Waals surface area (Å²) < 4.78 is 8.12.